The predicted molar refractivity (Wildman–Crippen MR) is 128 cm³/mol. The second-order valence-corrected chi connectivity index (χ2v) is 7.37. The number of carbonyl (C=O) groups is 1. The summed E-state index contributed by atoms with van der Waals surface area (Å²) in [5.41, 5.74) is 0.166. The van der Waals surface area contributed by atoms with E-state index in [-0.39, 0.29) is 34.7 Å². The zero-order valence-electron chi connectivity index (χ0n) is 18.3. The van der Waals surface area contributed by atoms with E-state index >= 15 is 0 Å². The standard InChI is InChI=1S/C23H19N5O7/c1-2-35-23(30)24-14-7-3-6-13(12-14)22(29)26-19-15-8-4-10-17(27(31)32)20(15)25-21-16(19)9-5-11-18(21)28(33)34/h3-12,22,29H,2H2,1H3,(H,24,30)(H,25,26). The summed E-state index contributed by atoms with van der Waals surface area (Å²) in [5.74, 6) is 0. The van der Waals surface area contributed by atoms with Crippen molar-refractivity contribution in [2.75, 3.05) is 17.2 Å². The maximum atomic E-state index is 11.7. The van der Waals surface area contributed by atoms with Crippen LogP contribution in [0.15, 0.2) is 60.7 Å². The molecule has 1 amide bonds. The normalized spacial score (nSPS) is 11.7. The predicted octanol–water partition coefficient (Wildman–Crippen LogP) is 4.88. The van der Waals surface area contributed by atoms with Crippen LogP contribution >= 0.6 is 0 Å². The molecular weight excluding hydrogens is 458 g/mol. The lowest BCUT2D eigenvalue weighted by molar-refractivity contribution is -0.383. The molecule has 0 saturated carbocycles. The Morgan fingerprint density at radius 3 is 2.11 bits per heavy atom. The van der Waals surface area contributed by atoms with E-state index in [2.05, 4.69) is 15.6 Å². The summed E-state index contributed by atoms with van der Waals surface area (Å²) < 4.78 is 4.85. The number of benzene rings is 3. The van der Waals surface area contributed by atoms with Crippen LogP contribution in [0.1, 0.15) is 18.7 Å². The molecule has 1 unspecified atom stereocenters. The number of non-ortho nitro benzene ring substituents is 2. The second-order valence-electron chi connectivity index (χ2n) is 7.37. The molecule has 0 bridgehead atoms. The number of rotatable bonds is 7. The van der Waals surface area contributed by atoms with Gasteiger partial charge in [0.2, 0.25) is 0 Å². The van der Waals surface area contributed by atoms with E-state index in [0.717, 1.165) is 0 Å². The molecule has 0 aliphatic heterocycles. The van der Waals surface area contributed by atoms with Crippen molar-refractivity contribution in [2.24, 2.45) is 0 Å². The Hall–Kier alpha value is -4.84. The first-order valence-electron chi connectivity index (χ1n) is 10.4. The first-order chi connectivity index (χ1) is 16.8. The van der Waals surface area contributed by atoms with Gasteiger partial charge in [-0.05, 0) is 19.1 Å². The lowest BCUT2D eigenvalue weighted by Gasteiger charge is -2.19. The molecule has 3 aromatic carbocycles. The first kappa shape index (κ1) is 23.3. The Labute approximate surface area is 197 Å². The summed E-state index contributed by atoms with van der Waals surface area (Å²) in [6, 6.07) is 14.9. The molecule has 0 radical (unpaired) electrons. The number of anilines is 2. The van der Waals surface area contributed by atoms with Gasteiger partial charge in [0.15, 0.2) is 17.3 Å². The van der Waals surface area contributed by atoms with E-state index < -0.39 is 22.2 Å². The minimum atomic E-state index is -1.34. The molecule has 35 heavy (non-hydrogen) atoms. The van der Waals surface area contributed by atoms with Crippen molar-refractivity contribution >= 4 is 50.6 Å². The number of aromatic nitrogens is 1. The number of hydrogen-bond donors (Lipinski definition) is 3. The highest BCUT2D eigenvalue weighted by Crippen LogP contribution is 2.39. The van der Waals surface area contributed by atoms with Crippen LogP contribution in [0.3, 0.4) is 0 Å². The molecule has 1 atom stereocenters. The van der Waals surface area contributed by atoms with Gasteiger partial charge in [-0.2, -0.15) is 0 Å². The number of carbonyl (C=O) groups excluding carboxylic acids is 1. The number of amides is 1. The van der Waals surface area contributed by atoms with Crippen LogP contribution in [0.25, 0.3) is 21.8 Å². The van der Waals surface area contributed by atoms with Gasteiger partial charge in [-0.25, -0.2) is 9.78 Å². The number of nitrogens with one attached hydrogen (secondary N) is 2. The number of fused-ring (bicyclic) bond motifs is 2. The number of hydrogen-bond acceptors (Lipinski definition) is 9. The highest BCUT2D eigenvalue weighted by Gasteiger charge is 2.23. The molecule has 3 N–H and O–H groups in total. The Bertz CT molecular complexity index is 1400. The number of aliphatic hydroxyl groups excluding tert-OH is 1. The molecule has 4 aromatic rings. The maximum Gasteiger partial charge on any atom is 0.411 e. The Kier molecular flexibility index (Phi) is 6.38. The number of para-hydroxylation sites is 2. The van der Waals surface area contributed by atoms with E-state index in [9.17, 15) is 30.1 Å². The van der Waals surface area contributed by atoms with Crippen LogP contribution in [0.4, 0.5) is 27.5 Å². The van der Waals surface area contributed by atoms with Crippen molar-refractivity contribution in [1.82, 2.24) is 4.98 Å². The molecule has 0 fully saturated rings. The molecule has 178 valence electrons. The first-order valence-corrected chi connectivity index (χ1v) is 10.4. The fourth-order valence-corrected chi connectivity index (χ4v) is 3.70. The largest absolute Gasteiger partial charge is 0.450 e. The van der Waals surface area contributed by atoms with Gasteiger partial charge in [-0.3, -0.25) is 25.5 Å². The van der Waals surface area contributed by atoms with E-state index in [1.807, 2.05) is 0 Å². The van der Waals surface area contributed by atoms with Crippen molar-refractivity contribution in [2.45, 2.75) is 13.2 Å². The molecule has 0 aliphatic rings. The van der Waals surface area contributed by atoms with Gasteiger partial charge in [0.05, 0.1) is 22.1 Å². The maximum absolute atomic E-state index is 11.7. The van der Waals surface area contributed by atoms with Gasteiger partial charge in [0, 0.05) is 34.2 Å². The molecular formula is C23H19N5O7. The average Bonchev–Trinajstić information content (AvgIpc) is 2.83. The quantitative estimate of drug-likeness (QED) is 0.145. The van der Waals surface area contributed by atoms with E-state index in [4.69, 9.17) is 4.74 Å². The summed E-state index contributed by atoms with van der Waals surface area (Å²) >= 11 is 0. The van der Waals surface area contributed by atoms with Crippen LogP contribution in [0, 0.1) is 20.2 Å². The highest BCUT2D eigenvalue weighted by molar-refractivity contribution is 6.11. The lowest BCUT2D eigenvalue weighted by atomic mass is 10.0. The molecule has 1 heterocycles. The van der Waals surface area contributed by atoms with Gasteiger partial charge in [0.1, 0.15) is 0 Å². The molecule has 0 spiro atoms. The molecule has 12 heteroatoms. The molecule has 0 aliphatic carbocycles. The third-order valence-electron chi connectivity index (χ3n) is 5.19. The summed E-state index contributed by atoms with van der Waals surface area (Å²) in [5, 5.41) is 40.2. The fourth-order valence-electron chi connectivity index (χ4n) is 3.70. The molecule has 0 saturated heterocycles. The van der Waals surface area contributed by atoms with Gasteiger partial charge < -0.3 is 15.2 Å². The summed E-state index contributed by atoms with van der Waals surface area (Å²) in [6.45, 7) is 1.86. The number of pyridine rings is 1. The third kappa shape index (κ3) is 4.63. The zero-order valence-corrected chi connectivity index (χ0v) is 18.3. The van der Waals surface area contributed by atoms with E-state index in [1.165, 1.54) is 30.3 Å². The lowest BCUT2D eigenvalue weighted by Crippen LogP contribution is -2.15. The Balaban J connectivity index is 1.84. The van der Waals surface area contributed by atoms with Crippen LogP contribution in [0.2, 0.25) is 0 Å². The highest BCUT2D eigenvalue weighted by atomic mass is 16.6. The Morgan fingerprint density at radius 1 is 1.00 bits per heavy atom. The Morgan fingerprint density at radius 2 is 1.57 bits per heavy atom. The molecule has 4 rings (SSSR count). The summed E-state index contributed by atoms with van der Waals surface area (Å²) in [4.78, 5) is 38.0. The van der Waals surface area contributed by atoms with Gasteiger partial charge >= 0.3 is 6.09 Å². The minimum absolute atomic E-state index is 0.0632. The van der Waals surface area contributed by atoms with Gasteiger partial charge in [0.25, 0.3) is 11.4 Å². The SMILES string of the molecule is CCOC(=O)Nc1cccc(C(O)Nc2c3cccc([N+](=O)[O-])c3nc3c([N+](=O)[O-])cccc23)c1. The number of nitro benzene ring substituents is 2. The number of nitrogens with zero attached hydrogens (tertiary/aromatic N) is 3. The van der Waals surface area contributed by atoms with Crippen LogP contribution in [-0.2, 0) is 4.74 Å². The monoisotopic (exact) mass is 477 g/mol. The summed E-state index contributed by atoms with van der Waals surface area (Å²) in [6.07, 6.45) is -2.00. The van der Waals surface area contributed by atoms with E-state index in [0.29, 0.717) is 22.0 Å². The molecule has 12 nitrogen and oxygen atoms in total. The van der Waals surface area contributed by atoms with Crippen LogP contribution in [-0.4, -0.2) is 32.6 Å². The van der Waals surface area contributed by atoms with Crippen molar-refractivity contribution in [3.63, 3.8) is 0 Å². The van der Waals surface area contributed by atoms with Crippen LogP contribution in [0.5, 0.6) is 0 Å². The van der Waals surface area contributed by atoms with Crippen molar-refractivity contribution < 1.29 is 24.5 Å². The molecule has 1 aromatic heterocycles. The topological polar surface area (TPSA) is 170 Å². The number of aliphatic hydroxyl groups is 1. The third-order valence-corrected chi connectivity index (χ3v) is 5.19. The number of ether oxygens (including phenoxy) is 1. The second kappa shape index (κ2) is 9.57. The van der Waals surface area contributed by atoms with Crippen molar-refractivity contribution in [3.8, 4) is 0 Å². The zero-order chi connectivity index (χ0) is 25.1. The average molecular weight is 477 g/mol. The van der Waals surface area contributed by atoms with E-state index in [1.54, 1.807) is 37.3 Å². The van der Waals surface area contributed by atoms with Gasteiger partial charge in [-0.15, -0.1) is 0 Å². The van der Waals surface area contributed by atoms with Gasteiger partial charge in [-0.1, -0.05) is 36.4 Å². The van der Waals surface area contributed by atoms with Crippen LogP contribution < -0.4 is 10.6 Å². The number of nitro groups is 2. The fraction of sp³-hybridized carbons (Fsp3) is 0.130. The summed E-state index contributed by atoms with van der Waals surface area (Å²) in [7, 11) is 0. The van der Waals surface area contributed by atoms with Crippen molar-refractivity contribution in [1.29, 1.82) is 0 Å². The smallest absolute Gasteiger partial charge is 0.411 e. The van der Waals surface area contributed by atoms with Crippen molar-refractivity contribution in [3.05, 3.63) is 86.5 Å². The minimum Gasteiger partial charge on any atom is -0.450 e.